The molecule has 1 unspecified atom stereocenters. The summed E-state index contributed by atoms with van der Waals surface area (Å²) >= 11 is 1.54. The molecular formula is C11H13NO2S. The van der Waals surface area contributed by atoms with Crippen LogP contribution in [0.2, 0.25) is 0 Å². The highest BCUT2D eigenvalue weighted by Gasteiger charge is 2.12. The number of aromatic nitrogens is 1. The monoisotopic (exact) mass is 223 g/mol. The van der Waals surface area contributed by atoms with Crippen molar-refractivity contribution in [3.05, 3.63) is 28.8 Å². The predicted octanol–water partition coefficient (Wildman–Crippen LogP) is 2.50. The van der Waals surface area contributed by atoms with Gasteiger partial charge >= 0.3 is 0 Å². The number of aliphatic hydroxyl groups excluding tert-OH is 1. The van der Waals surface area contributed by atoms with Gasteiger partial charge in [0.05, 0.1) is 15.1 Å². The molecule has 15 heavy (non-hydrogen) atoms. The molecule has 3 nitrogen and oxygen atoms in total. The summed E-state index contributed by atoms with van der Waals surface area (Å²) < 4.78 is 6.02. The van der Waals surface area contributed by atoms with Crippen LogP contribution in [-0.2, 0) is 11.2 Å². The van der Waals surface area contributed by atoms with Crippen LogP contribution in [0, 0.1) is 0 Å². The van der Waals surface area contributed by atoms with Gasteiger partial charge in [0.2, 0.25) is 0 Å². The van der Waals surface area contributed by atoms with E-state index >= 15 is 0 Å². The second-order valence-corrected chi connectivity index (χ2v) is 4.36. The highest BCUT2D eigenvalue weighted by molar-refractivity contribution is 7.19. The third kappa shape index (κ3) is 1.88. The molecule has 2 rings (SSSR count). The van der Waals surface area contributed by atoms with E-state index in [2.05, 4.69) is 11.9 Å². The highest BCUT2D eigenvalue weighted by Crippen LogP contribution is 2.31. The summed E-state index contributed by atoms with van der Waals surface area (Å²) in [6.45, 7) is 2.11. The van der Waals surface area contributed by atoms with Crippen molar-refractivity contribution in [3.63, 3.8) is 0 Å². The smallest absolute Gasteiger partial charge is 0.190 e. The molecule has 0 aliphatic carbocycles. The first kappa shape index (κ1) is 10.5. The van der Waals surface area contributed by atoms with Gasteiger partial charge in [0, 0.05) is 13.3 Å². The Morgan fingerprint density at radius 1 is 1.60 bits per heavy atom. The first-order chi connectivity index (χ1) is 7.26. The summed E-state index contributed by atoms with van der Waals surface area (Å²) in [5, 5.41) is 9.55. The lowest BCUT2D eigenvalue weighted by molar-refractivity contribution is -0.0742. The van der Waals surface area contributed by atoms with Crippen LogP contribution >= 0.6 is 11.3 Å². The summed E-state index contributed by atoms with van der Waals surface area (Å²) in [6, 6.07) is 3.90. The van der Waals surface area contributed by atoms with Crippen LogP contribution in [0.25, 0.3) is 10.2 Å². The zero-order valence-corrected chi connectivity index (χ0v) is 9.54. The minimum absolute atomic E-state index is 0.806. The zero-order chi connectivity index (χ0) is 10.8. The van der Waals surface area contributed by atoms with E-state index in [1.54, 1.807) is 17.5 Å². The van der Waals surface area contributed by atoms with Crippen molar-refractivity contribution < 1.29 is 9.84 Å². The van der Waals surface area contributed by atoms with Gasteiger partial charge in [-0.1, -0.05) is 6.92 Å². The molecule has 2 aromatic rings. The van der Waals surface area contributed by atoms with Crippen molar-refractivity contribution in [1.82, 2.24) is 4.98 Å². The first-order valence-electron chi connectivity index (χ1n) is 4.84. The number of rotatable bonds is 3. The Morgan fingerprint density at radius 3 is 3.07 bits per heavy atom. The normalized spacial score (nSPS) is 13.3. The molecule has 0 saturated carbocycles. The molecule has 80 valence electrons. The Morgan fingerprint density at radius 2 is 2.40 bits per heavy atom. The molecule has 2 heterocycles. The second kappa shape index (κ2) is 4.26. The average Bonchev–Trinajstić information content (AvgIpc) is 2.71. The third-order valence-corrected chi connectivity index (χ3v) is 3.59. The van der Waals surface area contributed by atoms with Crippen molar-refractivity contribution in [2.24, 2.45) is 0 Å². The van der Waals surface area contributed by atoms with E-state index in [1.165, 1.54) is 12.7 Å². The molecule has 0 aliphatic rings. The third-order valence-electron chi connectivity index (χ3n) is 2.36. The highest BCUT2D eigenvalue weighted by atomic mass is 32.1. The summed E-state index contributed by atoms with van der Waals surface area (Å²) in [6.07, 6.45) is 1.94. The molecule has 2 aromatic heterocycles. The van der Waals surface area contributed by atoms with Gasteiger partial charge in [0.25, 0.3) is 0 Å². The average molecular weight is 223 g/mol. The van der Waals surface area contributed by atoms with Crippen molar-refractivity contribution in [2.75, 3.05) is 7.11 Å². The topological polar surface area (TPSA) is 42.4 Å². The number of nitrogens with zero attached hydrogens (tertiary/aromatic N) is 1. The van der Waals surface area contributed by atoms with E-state index in [4.69, 9.17) is 4.74 Å². The molecule has 4 heteroatoms. The number of ether oxygens (including phenoxy) is 1. The Balaban J connectivity index is 2.55. The molecular weight excluding hydrogens is 210 g/mol. The van der Waals surface area contributed by atoms with E-state index in [1.807, 2.05) is 12.1 Å². The maximum atomic E-state index is 9.55. The summed E-state index contributed by atoms with van der Waals surface area (Å²) in [5.41, 5.74) is 2.20. The first-order valence-corrected chi connectivity index (χ1v) is 5.66. The standard InChI is InChI=1S/C11H13NO2S/c1-3-7-4-5-12-8-6-9(11(13)14-2)15-10(7)8/h4-6,11,13H,3H2,1-2H3. The Bertz CT molecular complexity index is 467. The van der Waals surface area contributed by atoms with Crippen LogP contribution in [0.3, 0.4) is 0 Å². The molecule has 0 bridgehead atoms. The van der Waals surface area contributed by atoms with Gasteiger partial charge in [-0.15, -0.1) is 11.3 Å². The molecule has 0 spiro atoms. The maximum absolute atomic E-state index is 9.55. The fourth-order valence-electron chi connectivity index (χ4n) is 1.53. The SMILES string of the molecule is CCc1ccnc2cc(C(O)OC)sc12. The van der Waals surface area contributed by atoms with E-state index in [9.17, 15) is 5.11 Å². The molecule has 0 amide bonds. The van der Waals surface area contributed by atoms with Gasteiger partial charge < -0.3 is 9.84 Å². The number of pyridine rings is 1. The number of fused-ring (bicyclic) bond motifs is 1. The fourth-order valence-corrected chi connectivity index (χ4v) is 2.69. The second-order valence-electron chi connectivity index (χ2n) is 3.27. The van der Waals surface area contributed by atoms with Gasteiger partial charge in [0.15, 0.2) is 6.29 Å². The molecule has 0 fully saturated rings. The van der Waals surface area contributed by atoms with Gasteiger partial charge in [-0.2, -0.15) is 0 Å². The lowest BCUT2D eigenvalue weighted by Gasteiger charge is -2.03. The van der Waals surface area contributed by atoms with Crippen LogP contribution in [0.1, 0.15) is 23.7 Å². The Kier molecular flexibility index (Phi) is 3.00. The van der Waals surface area contributed by atoms with Gasteiger partial charge in [-0.3, -0.25) is 4.98 Å². The predicted molar refractivity (Wildman–Crippen MR) is 61.0 cm³/mol. The Labute approximate surface area is 92.3 Å². The molecule has 0 aliphatic heterocycles. The maximum Gasteiger partial charge on any atom is 0.190 e. The van der Waals surface area contributed by atoms with Crippen molar-refractivity contribution >= 4 is 21.6 Å². The summed E-state index contributed by atoms with van der Waals surface area (Å²) in [4.78, 5) is 5.08. The van der Waals surface area contributed by atoms with Crippen LogP contribution in [-0.4, -0.2) is 17.2 Å². The fraction of sp³-hybridized carbons (Fsp3) is 0.364. The molecule has 0 aromatic carbocycles. The van der Waals surface area contributed by atoms with Crippen molar-refractivity contribution in [2.45, 2.75) is 19.6 Å². The number of methoxy groups -OCH3 is 1. The zero-order valence-electron chi connectivity index (χ0n) is 8.73. The van der Waals surface area contributed by atoms with Crippen LogP contribution in [0.15, 0.2) is 18.3 Å². The number of thiophene rings is 1. The number of hydrogen-bond donors (Lipinski definition) is 1. The summed E-state index contributed by atoms with van der Waals surface area (Å²) in [7, 11) is 1.49. The van der Waals surface area contributed by atoms with E-state index in [0.29, 0.717) is 0 Å². The lowest BCUT2D eigenvalue weighted by atomic mass is 10.2. The lowest BCUT2D eigenvalue weighted by Crippen LogP contribution is -1.95. The van der Waals surface area contributed by atoms with E-state index in [-0.39, 0.29) is 0 Å². The van der Waals surface area contributed by atoms with Crippen LogP contribution in [0.5, 0.6) is 0 Å². The van der Waals surface area contributed by atoms with Gasteiger partial charge in [-0.05, 0) is 24.1 Å². The number of aliphatic hydroxyl groups is 1. The molecule has 0 saturated heterocycles. The van der Waals surface area contributed by atoms with E-state index < -0.39 is 6.29 Å². The van der Waals surface area contributed by atoms with Crippen molar-refractivity contribution in [1.29, 1.82) is 0 Å². The summed E-state index contributed by atoms with van der Waals surface area (Å²) in [5.74, 6) is 0. The number of aryl methyl sites for hydroxylation is 1. The molecule has 1 N–H and O–H groups in total. The van der Waals surface area contributed by atoms with E-state index in [0.717, 1.165) is 21.5 Å². The van der Waals surface area contributed by atoms with Gasteiger partial charge in [-0.25, -0.2) is 0 Å². The van der Waals surface area contributed by atoms with Crippen LogP contribution in [0.4, 0.5) is 0 Å². The van der Waals surface area contributed by atoms with Crippen molar-refractivity contribution in [3.8, 4) is 0 Å². The minimum atomic E-state index is -0.839. The largest absolute Gasteiger partial charge is 0.364 e. The van der Waals surface area contributed by atoms with Crippen LogP contribution < -0.4 is 0 Å². The minimum Gasteiger partial charge on any atom is -0.364 e. The molecule has 0 radical (unpaired) electrons. The Hall–Kier alpha value is -0.970. The molecule has 1 atom stereocenters. The number of hydrogen-bond acceptors (Lipinski definition) is 4. The van der Waals surface area contributed by atoms with Gasteiger partial charge in [0.1, 0.15) is 0 Å². The quantitative estimate of drug-likeness (QED) is 0.813.